The highest BCUT2D eigenvalue weighted by molar-refractivity contribution is 9.09. The summed E-state index contributed by atoms with van der Waals surface area (Å²) in [7, 11) is -3.23. The van der Waals surface area contributed by atoms with Crippen LogP contribution < -0.4 is 0 Å². The summed E-state index contributed by atoms with van der Waals surface area (Å²) in [5.74, 6) is 0.569. The first-order valence-electron chi connectivity index (χ1n) is 3.57. The van der Waals surface area contributed by atoms with E-state index >= 15 is 0 Å². The minimum atomic E-state index is -3.23. The van der Waals surface area contributed by atoms with Gasteiger partial charge < -0.3 is 0 Å². The summed E-state index contributed by atoms with van der Waals surface area (Å²) >= 11 is 3.05. The van der Waals surface area contributed by atoms with Crippen molar-refractivity contribution in [3.63, 3.8) is 0 Å². The second-order valence-corrected chi connectivity index (χ2v) is 5.23. The van der Waals surface area contributed by atoms with E-state index in [4.69, 9.17) is 4.18 Å². The van der Waals surface area contributed by atoms with E-state index in [1.807, 2.05) is 0 Å². The van der Waals surface area contributed by atoms with Crippen molar-refractivity contribution in [2.24, 2.45) is 5.92 Å². The Morgan fingerprint density at radius 1 is 1.45 bits per heavy atom. The summed E-state index contributed by atoms with van der Waals surface area (Å²) in [4.78, 5) is 0. The molecule has 0 aromatic heterocycles. The van der Waals surface area contributed by atoms with Gasteiger partial charge in [0.2, 0.25) is 0 Å². The molecule has 1 aliphatic rings. The first kappa shape index (κ1) is 9.48. The van der Waals surface area contributed by atoms with Gasteiger partial charge in [0, 0.05) is 5.33 Å². The summed E-state index contributed by atoms with van der Waals surface area (Å²) < 4.78 is 26.6. The SMILES string of the molecule is O=S(=O)(CCBr)OCC1CC1. The van der Waals surface area contributed by atoms with Crippen LogP contribution in [0.3, 0.4) is 0 Å². The van der Waals surface area contributed by atoms with Gasteiger partial charge in [-0.05, 0) is 18.8 Å². The fourth-order valence-corrected chi connectivity index (χ4v) is 2.53. The topological polar surface area (TPSA) is 43.4 Å². The van der Waals surface area contributed by atoms with Gasteiger partial charge in [-0.1, -0.05) is 15.9 Å². The van der Waals surface area contributed by atoms with Crippen molar-refractivity contribution in [1.82, 2.24) is 0 Å². The standard InChI is InChI=1S/C6H11BrO3S/c7-3-4-11(8,9)10-5-6-1-2-6/h6H,1-5H2. The molecule has 0 radical (unpaired) electrons. The zero-order chi connectivity index (χ0) is 8.32. The van der Waals surface area contributed by atoms with Crippen LogP contribution in [0, 0.1) is 5.92 Å². The number of halogens is 1. The molecule has 0 heterocycles. The summed E-state index contributed by atoms with van der Waals surface area (Å²) in [6.45, 7) is 0.384. The molecule has 0 N–H and O–H groups in total. The third-order valence-electron chi connectivity index (χ3n) is 1.51. The molecule has 0 unspecified atom stereocenters. The van der Waals surface area contributed by atoms with Crippen LogP contribution in [0.25, 0.3) is 0 Å². The van der Waals surface area contributed by atoms with E-state index in [0.29, 0.717) is 17.9 Å². The van der Waals surface area contributed by atoms with E-state index in [9.17, 15) is 8.42 Å². The molecule has 1 aliphatic carbocycles. The first-order valence-corrected chi connectivity index (χ1v) is 6.27. The minimum Gasteiger partial charge on any atom is -0.270 e. The summed E-state index contributed by atoms with van der Waals surface area (Å²) in [6.07, 6.45) is 2.23. The van der Waals surface area contributed by atoms with E-state index in [-0.39, 0.29) is 5.75 Å². The molecule has 0 aliphatic heterocycles. The molecule has 66 valence electrons. The summed E-state index contributed by atoms with van der Waals surface area (Å²) in [5.41, 5.74) is 0. The second-order valence-electron chi connectivity index (χ2n) is 2.68. The lowest BCUT2D eigenvalue weighted by Gasteiger charge is -2.01. The van der Waals surface area contributed by atoms with Crippen LogP contribution in [0.1, 0.15) is 12.8 Å². The highest BCUT2D eigenvalue weighted by Gasteiger charge is 2.24. The van der Waals surface area contributed by atoms with E-state index in [1.165, 1.54) is 0 Å². The average molecular weight is 243 g/mol. The van der Waals surface area contributed by atoms with Gasteiger partial charge in [0.25, 0.3) is 10.1 Å². The van der Waals surface area contributed by atoms with Crippen molar-refractivity contribution in [2.75, 3.05) is 17.7 Å². The van der Waals surface area contributed by atoms with Gasteiger partial charge in [0.1, 0.15) is 0 Å². The van der Waals surface area contributed by atoms with Gasteiger partial charge in [-0.15, -0.1) is 0 Å². The van der Waals surface area contributed by atoms with Crippen molar-refractivity contribution in [3.05, 3.63) is 0 Å². The lowest BCUT2D eigenvalue weighted by molar-refractivity contribution is 0.303. The maximum atomic E-state index is 10.9. The Hall–Kier alpha value is 0.390. The molecule has 0 bridgehead atoms. The molecular formula is C6H11BrO3S. The van der Waals surface area contributed by atoms with E-state index < -0.39 is 10.1 Å². The molecule has 0 spiro atoms. The molecule has 11 heavy (non-hydrogen) atoms. The number of hydrogen-bond acceptors (Lipinski definition) is 3. The van der Waals surface area contributed by atoms with Gasteiger partial charge in [0.15, 0.2) is 0 Å². The zero-order valence-electron chi connectivity index (χ0n) is 6.12. The van der Waals surface area contributed by atoms with Gasteiger partial charge in [-0.25, -0.2) is 0 Å². The lowest BCUT2D eigenvalue weighted by Crippen LogP contribution is -2.12. The predicted octanol–water partition coefficient (Wildman–Crippen LogP) is 1.14. The summed E-state index contributed by atoms with van der Waals surface area (Å²) in [6, 6.07) is 0. The van der Waals surface area contributed by atoms with Crippen molar-refractivity contribution in [3.8, 4) is 0 Å². The highest BCUT2D eigenvalue weighted by Crippen LogP contribution is 2.29. The van der Waals surface area contributed by atoms with Crippen LogP contribution in [-0.4, -0.2) is 26.1 Å². The molecule has 3 nitrogen and oxygen atoms in total. The number of rotatable bonds is 5. The minimum absolute atomic E-state index is 0.0692. The normalized spacial score (nSPS) is 18.6. The molecule has 5 heteroatoms. The third-order valence-corrected chi connectivity index (χ3v) is 3.63. The Morgan fingerprint density at radius 2 is 2.09 bits per heavy atom. The maximum Gasteiger partial charge on any atom is 0.268 e. The third kappa shape index (κ3) is 4.08. The largest absolute Gasteiger partial charge is 0.270 e. The molecular weight excluding hydrogens is 232 g/mol. The van der Waals surface area contributed by atoms with Gasteiger partial charge >= 0.3 is 0 Å². The Morgan fingerprint density at radius 3 is 2.55 bits per heavy atom. The van der Waals surface area contributed by atoms with E-state index in [0.717, 1.165) is 12.8 Å². The molecule has 0 saturated heterocycles. The molecule has 1 fully saturated rings. The smallest absolute Gasteiger partial charge is 0.268 e. The van der Waals surface area contributed by atoms with Crippen LogP contribution in [0.4, 0.5) is 0 Å². The fourth-order valence-electron chi connectivity index (χ4n) is 0.638. The van der Waals surface area contributed by atoms with Crippen LogP contribution in [0.2, 0.25) is 0 Å². The molecule has 0 aromatic carbocycles. The maximum absolute atomic E-state index is 10.9. The Labute approximate surface area is 75.4 Å². The van der Waals surface area contributed by atoms with Gasteiger partial charge in [-0.2, -0.15) is 8.42 Å². The van der Waals surface area contributed by atoms with Crippen LogP contribution in [-0.2, 0) is 14.3 Å². The quantitative estimate of drug-likeness (QED) is 0.537. The molecule has 0 aromatic rings. The summed E-state index contributed by atoms with van der Waals surface area (Å²) in [5, 5.41) is 0.444. The Bertz CT molecular complexity index is 208. The molecule has 0 atom stereocenters. The van der Waals surface area contributed by atoms with Gasteiger partial charge in [0.05, 0.1) is 12.4 Å². The Kier molecular flexibility index (Phi) is 3.33. The van der Waals surface area contributed by atoms with Crippen molar-refractivity contribution in [1.29, 1.82) is 0 Å². The second kappa shape index (κ2) is 3.87. The number of hydrogen-bond donors (Lipinski definition) is 0. The van der Waals surface area contributed by atoms with E-state index in [1.54, 1.807) is 0 Å². The Balaban J connectivity index is 2.21. The van der Waals surface area contributed by atoms with Crippen LogP contribution >= 0.6 is 15.9 Å². The molecule has 1 saturated carbocycles. The van der Waals surface area contributed by atoms with Crippen LogP contribution in [0.15, 0.2) is 0 Å². The predicted molar refractivity (Wildman–Crippen MR) is 46.3 cm³/mol. The van der Waals surface area contributed by atoms with Crippen molar-refractivity contribution >= 4 is 26.0 Å². The van der Waals surface area contributed by atoms with Gasteiger partial charge in [-0.3, -0.25) is 4.18 Å². The molecule has 0 amide bonds. The lowest BCUT2D eigenvalue weighted by atomic mass is 10.5. The highest BCUT2D eigenvalue weighted by atomic mass is 79.9. The van der Waals surface area contributed by atoms with Crippen LogP contribution in [0.5, 0.6) is 0 Å². The first-order chi connectivity index (χ1) is 5.14. The average Bonchev–Trinajstić information content (AvgIpc) is 2.65. The van der Waals surface area contributed by atoms with Crippen molar-refractivity contribution in [2.45, 2.75) is 12.8 Å². The monoisotopic (exact) mass is 242 g/mol. The molecule has 1 rings (SSSR count). The fraction of sp³-hybridized carbons (Fsp3) is 1.00. The number of alkyl halides is 1. The van der Waals surface area contributed by atoms with Crippen molar-refractivity contribution < 1.29 is 12.6 Å². The zero-order valence-corrected chi connectivity index (χ0v) is 8.53. The van der Waals surface area contributed by atoms with E-state index in [2.05, 4.69) is 15.9 Å².